The first-order valence-corrected chi connectivity index (χ1v) is 8.30. The van der Waals surface area contributed by atoms with E-state index >= 15 is 0 Å². The molecule has 0 spiro atoms. The van der Waals surface area contributed by atoms with Gasteiger partial charge >= 0.3 is 6.03 Å². The highest BCUT2D eigenvalue weighted by Gasteiger charge is 2.25. The van der Waals surface area contributed by atoms with Crippen LogP contribution in [0.1, 0.15) is 50.1 Å². The quantitative estimate of drug-likeness (QED) is 0.784. The van der Waals surface area contributed by atoms with Crippen LogP contribution >= 0.6 is 0 Å². The predicted molar refractivity (Wildman–Crippen MR) is 83.8 cm³/mol. The Morgan fingerprint density at radius 2 is 1.96 bits per heavy atom. The summed E-state index contributed by atoms with van der Waals surface area (Å²) >= 11 is 0. The Morgan fingerprint density at radius 1 is 1.17 bits per heavy atom. The summed E-state index contributed by atoms with van der Waals surface area (Å²) in [5, 5.41) is 15.4. The number of hydrogen-bond donors (Lipinski definition) is 3. The molecule has 23 heavy (non-hydrogen) atoms. The lowest BCUT2D eigenvalue weighted by Gasteiger charge is -2.27. The summed E-state index contributed by atoms with van der Waals surface area (Å²) in [6.07, 6.45) is 4.24. The Bertz CT molecular complexity index is 559. The number of ether oxygens (including phenoxy) is 1. The fourth-order valence-corrected chi connectivity index (χ4v) is 3.32. The van der Waals surface area contributed by atoms with Crippen molar-refractivity contribution in [3.63, 3.8) is 0 Å². The van der Waals surface area contributed by atoms with E-state index in [1.54, 1.807) is 12.1 Å². The SMILES string of the molecule is O=C(NC1CCC(O)CC1)NC1CCCOc2c(F)cccc21. The van der Waals surface area contributed by atoms with Gasteiger partial charge in [0.2, 0.25) is 0 Å². The maximum absolute atomic E-state index is 13.9. The molecule has 0 bridgehead atoms. The van der Waals surface area contributed by atoms with Gasteiger partial charge in [-0.1, -0.05) is 12.1 Å². The summed E-state index contributed by atoms with van der Waals surface area (Å²) in [6, 6.07) is 4.40. The van der Waals surface area contributed by atoms with E-state index in [1.807, 2.05) is 0 Å². The number of aliphatic hydroxyl groups is 1. The normalized spacial score (nSPS) is 27.3. The molecule has 2 aliphatic rings. The standard InChI is InChI=1S/C17H23FN2O3/c18-14-4-1-3-13-15(5-2-10-23-16(13)14)20-17(22)19-11-6-8-12(21)9-7-11/h1,3-4,11-12,15,21H,2,5-10H2,(H2,19,20,22). The molecule has 1 aromatic rings. The van der Waals surface area contributed by atoms with Gasteiger partial charge in [0.15, 0.2) is 11.6 Å². The third kappa shape index (κ3) is 3.93. The molecule has 3 N–H and O–H groups in total. The van der Waals surface area contributed by atoms with Crippen LogP contribution in [0.25, 0.3) is 0 Å². The summed E-state index contributed by atoms with van der Waals surface area (Å²) in [5.41, 5.74) is 0.691. The van der Waals surface area contributed by atoms with Crippen LogP contribution in [0.2, 0.25) is 0 Å². The van der Waals surface area contributed by atoms with Gasteiger partial charge in [-0.25, -0.2) is 9.18 Å². The van der Waals surface area contributed by atoms with E-state index in [2.05, 4.69) is 10.6 Å². The fourth-order valence-electron chi connectivity index (χ4n) is 3.32. The molecular formula is C17H23FN2O3. The van der Waals surface area contributed by atoms with Crippen LogP contribution in [0.4, 0.5) is 9.18 Å². The summed E-state index contributed by atoms with van der Waals surface area (Å²) < 4.78 is 19.4. The van der Waals surface area contributed by atoms with Crippen molar-refractivity contribution in [3.05, 3.63) is 29.6 Å². The van der Waals surface area contributed by atoms with E-state index in [0.29, 0.717) is 18.6 Å². The third-order valence-corrected chi connectivity index (χ3v) is 4.59. The molecule has 1 saturated carbocycles. The summed E-state index contributed by atoms with van der Waals surface area (Å²) in [6.45, 7) is 0.453. The fraction of sp³-hybridized carbons (Fsp3) is 0.588. The molecule has 3 rings (SSSR count). The molecular weight excluding hydrogens is 299 g/mol. The molecule has 2 amide bonds. The maximum Gasteiger partial charge on any atom is 0.315 e. The Hall–Kier alpha value is -1.82. The highest BCUT2D eigenvalue weighted by molar-refractivity contribution is 5.75. The zero-order valence-corrected chi connectivity index (χ0v) is 13.1. The number of aliphatic hydroxyl groups excluding tert-OH is 1. The van der Waals surface area contributed by atoms with Crippen molar-refractivity contribution >= 4 is 6.03 Å². The van der Waals surface area contributed by atoms with E-state index in [1.165, 1.54) is 6.07 Å². The second-order valence-electron chi connectivity index (χ2n) is 6.32. The summed E-state index contributed by atoms with van der Waals surface area (Å²) in [7, 11) is 0. The zero-order valence-electron chi connectivity index (χ0n) is 13.1. The highest BCUT2D eigenvalue weighted by atomic mass is 19.1. The van der Waals surface area contributed by atoms with Crippen molar-refractivity contribution in [2.24, 2.45) is 0 Å². The van der Waals surface area contributed by atoms with Gasteiger partial charge in [0, 0.05) is 11.6 Å². The van der Waals surface area contributed by atoms with E-state index in [-0.39, 0.29) is 30.0 Å². The van der Waals surface area contributed by atoms with Crippen LogP contribution in [-0.4, -0.2) is 29.9 Å². The lowest BCUT2D eigenvalue weighted by molar-refractivity contribution is 0.117. The van der Waals surface area contributed by atoms with Gasteiger partial charge in [-0.3, -0.25) is 0 Å². The smallest absolute Gasteiger partial charge is 0.315 e. The van der Waals surface area contributed by atoms with Crippen LogP contribution in [0.5, 0.6) is 5.75 Å². The molecule has 1 heterocycles. The molecule has 6 heteroatoms. The van der Waals surface area contributed by atoms with Gasteiger partial charge in [-0.05, 0) is 44.6 Å². The molecule has 0 aromatic heterocycles. The minimum Gasteiger partial charge on any atom is -0.490 e. The maximum atomic E-state index is 13.9. The minimum atomic E-state index is -0.391. The predicted octanol–water partition coefficient (Wildman–Crippen LogP) is 2.64. The molecule has 126 valence electrons. The van der Waals surface area contributed by atoms with Crippen molar-refractivity contribution in [1.82, 2.24) is 10.6 Å². The first-order valence-electron chi connectivity index (χ1n) is 8.30. The Labute approximate surface area is 135 Å². The molecule has 0 radical (unpaired) electrons. The lowest BCUT2D eigenvalue weighted by atomic mass is 9.93. The Balaban J connectivity index is 1.63. The molecule has 1 atom stereocenters. The van der Waals surface area contributed by atoms with Crippen molar-refractivity contribution in [2.75, 3.05) is 6.61 Å². The van der Waals surface area contributed by atoms with Gasteiger partial charge in [-0.15, -0.1) is 0 Å². The summed E-state index contributed by atoms with van der Waals surface area (Å²) in [5.74, 6) is -0.144. The molecule has 1 aromatic carbocycles. The number of amides is 2. The van der Waals surface area contributed by atoms with E-state index in [4.69, 9.17) is 4.74 Å². The molecule has 1 unspecified atom stereocenters. The number of urea groups is 1. The summed E-state index contributed by atoms with van der Waals surface area (Å²) in [4.78, 5) is 12.2. The van der Waals surface area contributed by atoms with Crippen LogP contribution in [-0.2, 0) is 0 Å². The van der Waals surface area contributed by atoms with Crippen LogP contribution in [0, 0.1) is 5.82 Å². The number of benzene rings is 1. The monoisotopic (exact) mass is 322 g/mol. The van der Waals surface area contributed by atoms with Crippen molar-refractivity contribution < 1.29 is 19.0 Å². The zero-order chi connectivity index (χ0) is 16.2. The molecule has 5 nitrogen and oxygen atoms in total. The van der Waals surface area contributed by atoms with Crippen LogP contribution in [0.15, 0.2) is 18.2 Å². The van der Waals surface area contributed by atoms with Crippen molar-refractivity contribution in [3.8, 4) is 5.75 Å². The highest BCUT2D eigenvalue weighted by Crippen LogP contribution is 2.33. The average molecular weight is 322 g/mol. The van der Waals surface area contributed by atoms with Crippen molar-refractivity contribution in [1.29, 1.82) is 0 Å². The number of nitrogens with one attached hydrogen (secondary N) is 2. The lowest BCUT2D eigenvalue weighted by Crippen LogP contribution is -2.45. The number of halogens is 1. The first kappa shape index (κ1) is 16.1. The van der Waals surface area contributed by atoms with Gasteiger partial charge in [-0.2, -0.15) is 0 Å². The second kappa shape index (κ2) is 7.17. The average Bonchev–Trinajstić information content (AvgIpc) is 2.73. The van der Waals surface area contributed by atoms with Crippen LogP contribution in [0.3, 0.4) is 0 Å². The largest absolute Gasteiger partial charge is 0.490 e. The number of carbonyl (C=O) groups is 1. The van der Waals surface area contributed by atoms with Crippen molar-refractivity contribution in [2.45, 2.75) is 56.7 Å². The molecule has 1 aliphatic heterocycles. The number of hydrogen-bond acceptors (Lipinski definition) is 3. The molecule has 0 saturated heterocycles. The third-order valence-electron chi connectivity index (χ3n) is 4.59. The van der Waals surface area contributed by atoms with Gasteiger partial charge in [0.05, 0.1) is 18.8 Å². The van der Waals surface area contributed by atoms with E-state index in [9.17, 15) is 14.3 Å². The van der Waals surface area contributed by atoms with E-state index < -0.39 is 5.82 Å². The molecule has 1 aliphatic carbocycles. The number of fused-ring (bicyclic) bond motifs is 1. The topological polar surface area (TPSA) is 70.6 Å². The van der Waals surface area contributed by atoms with Crippen LogP contribution < -0.4 is 15.4 Å². The Morgan fingerprint density at radius 3 is 2.74 bits per heavy atom. The first-order chi connectivity index (χ1) is 11.1. The number of para-hydroxylation sites is 1. The van der Waals surface area contributed by atoms with Gasteiger partial charge in [0.1, 0.15) is 0 Å². The number of carbonyl (C=O) groups excluding carboxylic acids is 1. The second-order valence-corrected chi connectivity index (χ2v) is 6.32. The number of rotatable bonds is 2. The van der Waals surface area contributed by atoms with E-state index in [0.717, 1.165) is 32.1 Å². The Kier molecular flexibility index (Phi) is 5.00. The molecule has 1 fully saturated rings. The van der Waals surface area contributed by atoms with Gasteiger partial charge in [0.25, 0.3) is 0 Å². The van der Waals surface area contributed by atoms with Gasteiger partial charge < -0.3 is 20.5 Å². The minimum absolute atomic E-state index is 0.0902.